The number of imidazole rings is 1. The number of carbonyl (C=O) groups is 1. The molecule has 1 atom stereocenters. The lowest BCUT2D eigenvalue weighted by atomic mass is 9.87. The number of aromatic nitrogens is 3. The molecular weight excluding hydrogens is 452 g/mol. The van der Waals surface area contributed by atoms with Gasteiger partial charge in [-0.2, -0.15) is 4.31 Å². The van der Waals surface area contributed by atoms with E-state index >= 15 is 0 Å². The highest BCUT2D eigenvalue weighted by molar-refractivity contribution is 7.89. The predicted octanol–water partition coefficient (Wildman–Crippen LogP) is 2.67. The lowest BCUT2D eigenvalue weighted by Gasteiger charge is -2.35. The van der Waals surface area contributed by atoms with E-state index in [2.05, 4.69) is 15.3 Å². The smallest absolute Gasteiger partial charge is 0.262 e. The van der Waals surface area contributed by atoms with Crippen molar-refractivity contribution in [3.8, 4) is 0 Å². The molecule has 1 aliphatic rings. The molecule has 1 unspecified atom stereocenters. The van der Waals surface area contributed by atoms with Gasteiger partial charge in [-0.3, -0.25) is 9.78 Å². The van der Waals surface area contributed by atoms with Gasteiger partial charge in [0.05, 0.1) is 18.1 Å². The minimum atomic E-state index is -3.73. The number of rotatable bonds is 6. The first-order chi connectivity index (χ1) is 15.8. The number of carbonyl (C=O) groups excluding carboxylic acids is 1. The molecule has 33 heavy (non-hydrogen) atoms. The van der Waals surface area contributed by atoms with Crippen LogP contribution < -0.4 is 5.32 Å². The van der Waals surface area contributed by atoms with Crippen molar-refractivity contribution in [3.05, 3.63) is 78.0 Å². The zero-order valence-electron chi connectivity index (χ0n) is 17.9. The molecule has 1 aromatic carbocycles. The number of sulfonamides is 1. The van der Waals surface area contributed by atoms with Gasteiger partial charge in [-0.1, -0.05) is 12.1 Å². The molecule has 0 radical (unpaired) electrons. The summed E-state index contributed by atoms with van der Waals surface area (Å²) in [5.41, 5.74) is -0.123. The van der Waals surface area contributed by atoms with Gasteiger partial charge in [0, 0.05) is 32.5 Å². The Morgan fingerprint density at radius 2 is 1.79 bits per heavy atom. The summed E-state index contributed by atoms with van der Waals surface area (Å²) in [4.78, 5) is 21.1. The van der Waals surface area contributed by atoms with Crippen LogP contribution in [0.2, 0.25) is 0 Å². The van der Waals surface area contributed by atoms with Crippen LogP contribution in [0, 0.1) is 17.6 Å². The summed E-state index contributed by atoms with van der Waals surface area (Å²) >= 11 is 0. The van der Waals surface area contributed by atoms with Crippen molar-refractivity contribution >= 4 is 15.9 Å². The van der Waals surface area contributed by atoms with Gasteiger partial charge in [0.15, 0.2) is 5.03 Å². The van der Waals surface area contributed by atoms with E-state index < -0.39 is 39.2 Å². The van der Waals surface area contributed by atoms with Crippen LogP contribution in [0.3, 0.4) is 0 Å². The molecule has 0 aliphatic carbocycles. The largest absolute Gasteiger partial charge is 0.343 e. The molecule has 2 aromatic heterocycles. The normalized spacial score (nSPS) is 16.5. The van der Waals surface area contributed by atoms with Crippen molar-refractivity contribution in [2.45, 2.75) is 23.9 Å². The van der Waals surface area contributed by atoms with Crippen LogP contribution in [-0.2, 0) is 17.1 Å². The van der Waals surface area contributed by atoms with Crippen LogP contribution in [0.25, 0.3) is 0 Å². The second kappa shape index (κ2) is 9.36. The molecule has 1 aliphatic heterocycles. The Hall–Kier alpha value is -3.18. The quantitative estimate of drug-likeness (QED) is 0.591. The van der Waals surface area contributed by atoms with Crippen molar-refractivity contribution in [1.82, 2.24) is 24.2 Å². The molecule has 0 saturated carbocycles. The van der Waals surface area contributed by atoms with Gasteiger partial charge < -0.3 is 9.88 Å². The van der Waals surface area contributed by atoms with Crippen molar-refractivity contribution in [2.75, 3.05) is 13.1 Å². The van der Waals surface area contributed by atoms with Crippen LogP contribution in [0.4, 0.5) is 8.78 Å². The number of hydrogen-bond acceptors (Lipinski definition) is 5. The summed E-state index contributed by atoms with van der Waals surface area (Å²) in [6, 6.07) is 7.79. The van der Waals surface area contributed by atoms with Gasteiger partial charge in [0.25, 0.3) is 15.9 Å². The zero-order chi connectivity index (χ0) is 23.6. The highest BCUT2D eigenvalue weighted by atomic mass is 32.2. The number of amides is 1. The third-order valence-corrected chi connectivity index (χ3v) is 7.52. The first kappa shape index (κ1) is 23.0. The van der Waals surface area contributed by atoms with Crippen molar-refractivity contribution in [2.24, 2.45) is 13.0 Å². The summed E-state index contributed by atoms with van der Waals surface area (Å²) < 4.78 is 57.0. The summed E-state index contributed by atoms with van der Waals surface area (Å²) in [5.74, 6) is -2.98. The maximum atomic E-state index is 14.1. The Kier molecular flexibility index (Phi) is 6.52. The van der Waals surface area contributed by atoms with E-state index in [4.69, 9.17) is 0 Å². The lowest BCUT2D eigenvalue weighted by molar-refractivity contribution is 0.0897. The predicted molar refractivity (Wildman–Crippen MR) is 115 cm³/mol. The highest BCUT2D eigenvalue weighted by Gasteiger charge is 2.35. The molecule has 1 saturated heterocycles. The van der Waals surface area contributed by atoms with Crippen molar-refractivity contribution in [1.29, 1.82) is 0 Å². The fourth-order valence-corrected chi connectivity index (χ4v) is 5.46. The lowest BCUT2D eigenvalue weighted by Crippen LogP contribution is -2.43. The maximum Gasteiger partial charge on any atom is 0.262 e. The van der Waals surface area contributed by atoms with E-state index in [9.17, 15) is 22.0 Å². The number of nitrogens with one attached hydrogen (secondary N) is 1. The van der Waals surface area contributed by atoms with Gasteiger partial charge in [0.2, 0.25) is 0 Å². The van der Waals surface area contributed by atoms with Crippen LogP contribution >= 0.6 is 0 Å². The second-order valence-corrected chi connectivity index (χ2v) is 9.81. The third kappa shape index (κ3) is 4.79. The first-order valence-electron chi connectivity index (χ1n) is 10.4. The number of halogens is 2. The Bertz CT molecular complexity index is 1220. The van der Waals surface area contributed by atoms with Gasteiger partial charge in [-0.25, -0.2) is 22.2 Å². The highest BCUT2D eigenvalue weighted by Crippen LogP contribution is 2.32. The van der Waals surface area contributed by atoms with E-state index in [1.54, 1.807) is 36.0 Å². The maximum absolute atomic E-state index is 14.1. The minimum Gasteiger partial charge on any atom is -0.343 e. The van der Waals surface area contributed by atoms with Gasteiger partial charge in [0.1, 0.15) is 17.2 Å². The summed E-state index contributed by atoms with van der Waals surface area (Å²) in [6.07, 6.45) is 5.29. The number of nitrogens with zero attached hydrogens (tertiary/aromatic N) is 4. The molecule has 4 rings (SSSR count). The zero-order valence-corrected chi connectivity index (χ0v) is 18.7. The van der Waals surface area contributed by atoms with Gasteiger partial charge in [-0.15, -0.1) is 0 Å². The minimum absolute atomic E-state index is 0.0203. The fraction of sp³-hybridized carbons (Fsp3) is 0.318. The van der Waals surface area contributed by atoms with Crippen LogP contribution in [0.5, 0.6) is 0 Å². The van der Waals surface area contributed by atoms with E-state index in [0.717, 1.165) is 12.1 Å². The van der Waals surface area contributed by atoms with Crippen molar-refractivity contribution in [3.63, 3.8) is 0 Å². The van der Waals surface area contributed by atoms with Gasteiger partial charge >= 0.3 is 0 Å². The SMILES string of the molecule is Cn1cnc(S(=O)(=O)N2CCC(C(NC(=O)c3c(F)cccc3F)c3ccccn3)CC2)c1. The first-order valence-corrected chi connectivity index (χ1v) is 11.9. The molecule has 8 nitrogen and oxygen atoms in total. The number of benzene rings is 1. The molecule has 174 valence electrons. The molecule has 0 spiro atoms. The second-order valence-electron chi connectivity index (χ2n) is 7.92. The Morgan fingerprint density at radius 3 is 2.36 bits per heavy atom. The van der Waals surface area contributed by atoms with Crippen molar-refractivity contribution < 1.29 is 22.0 Å². The molecule has 1 fully saturated rings. The van der Waals surface area contributed by atoms with Crippen LogP contribution in [0.1, 0.15) is 34.9 Å². The van der Waals surface area contributed by atoms with E-state index in [1.807, 2.05) is 0 Å². The molecular formula is C22H23F2N5O3S. The van der Waals surface area contributed by atoms with Crippen LogP contribution in [0.15, 0.2) is 60.1 Å². The number of aryl methyl sites for hydroxylation is 1. The van der Waals surface area contributed by atoms with E-state index in [-0.39, 0.29) is 24.0 Å². The third-order valence-electron chi connectivity index (χ3n) is 5.74. The molecule has 11 heteroatoms. The fourth-order valence-electron chi connectivity index (χ4n) is 4.03. The summed E-state index contributed by atoms with van der Waals surface area (Å²) in [7, 11) is -2.04. The summed E-state index contributed by atoms with van der Waals surface area (Å²) in [6.45, 7) is 0.438. The standard InChI is InChI=1S/C22H23F2N5O3S/c1-28-13-19(26-14-28)33(31,32)29-11-8-15(9-12-29)21(18-7-2-3-10-25-18)27-22(30)20-16(23)5-4-6-17(20)24/h2-7,10,13-15,21H,8-9,11-12H2,1H3,(H,27,30). The molecule has 1 amide bonds. The van der Waals surface area contributed by atoms with E-state index in [0.29, 0.717) is 18.5 Å². The summed E-state index contributed by atoms with van der Waals surface area (Å²) in [5, 5.41) is 2.70. The molecule has 3 heterocycles. The molecule has 3 aromatic rings. The number of pyridine rings is 1. The van der Waals surface area contributed by atoms with Gasteiger partial charge in [-0.05, 0) is 43.0 Å². The Balaban J connectivity index is 1.54. The number of piperidine rings is 1. The number of hydrogen-bond donors (Lipinski definition) is 1. The Labute approximate surface area is 190 Å². The van der Waals surface area contributed by atoms with Crippen LogP contribution in [-0.4, -0.2) is 46.3 Å². The molecule has 1 N–H and O–H groups in total. The average molecular weight is 476 g/mol. The topological polar surface area (TPSA) is 97.2 Å². The molecule has 0 bridgehead atoms. The van der Waals surface area contributed by atoms with E-state index in [1.165, 1.54) is 22.9 Å². The monoisotopic (exact) mass is 475 g/mol. The average Bonchev–Trinajstić information content (AvgIpc) is 3.25. The Morgan fingerprint density at radius 1 is 1.09 bits per heavy atom.